The standard InChI is InChI=1S/C16H20Br2N2O4/c1-7(14(21)19-2-4-24-5-3-19)20-15(22)10-8-6-9(11(10)16(20)23)13(18)12(8)17/h7-13H,2-6H2,1H3/t7-,8-,9-,10-,11+,12-,13+/m0/s1. The van der Waals surface area contributed by atoms with E-state index in [1.165, 1.54) is 4.90 Å². The molecule has 0 unspecified atom stereocenters. The Hall–Kier alpha value is -0.470. The molecule has 0 radical (unpaired) electrons. The van der Waals surface area contributed by atoms with Crippen LogP contribution in [0.4, 0.5) is 0 Å². The molecule has 0 aromatic rings. The van der Waals surface area contributed by atoms with E-state index < -0.39 is 6.04 Å². The van der Waals surface area contributed by atoms with Crippen LogP contribution in [-0.2, 0) is 19.1 Å². The molecule has 0 aromatic carbocycles. The van der Waals surface area contributed by atoms with E-state index in [0.29, 0.717) is 26.3 Å². The van der Waals surface area contributed by atoms with Crippen molar-refractivity contribution in [2.45, 2.75) is 29.0 Å². The lowest BCUT2D eigenvalue weighted by Crippen LogP contribution is -2.52. The number of fused-ring (bicyclic) bond motifs is 5. The maximum atomic E-state index is 12.9. The number of likely N-dealkylation sites (tertiary alicyclic amines) is 1. The zero-order chi connectivity index (χ0) is 17.2. The van der Waals surface area contributed by atoms with Crippen molar-refractivity contribution in [2.24, 2.45) is 23.7 Å². The van der Waals surface area contributed by atoms with Gasteiger partial charge in [0.15, 0.2) is 0 Å². The summed E-state index contributed by atoms with van der Waals surface area (Å²) in [4.78, 5) is 42.0. The molecule has 8 heteroatoms. The third-order valence-electron chi connectivity index (χ3n) is 6.09. The summed E-state index contributed by atoms with van der Waals surface area (Å²) in [7, 11) is 0. The second-order valence-corrected chi connectivity index (χ2v) is 9.28. The molecule has 2 saturated heterocycles. The van der Waals surface area contributed by atoms with E-state index in [4.69, 9.17) is 4.74 Å². The van der Waals surface area contributed by atoms with Crippen LogP contribution in [0, 0.1) is 23.7 Å². The maximum absolute atomic E-state index is 12.9. The molecule has 0 N–H and O–H groups in total. The molecule has 2 heterocycles. The van der Waals surface area contributed by atoms with Gasteiger partial charge in [-0.25, -0.2) is 0 Å². The average Bonchev–Trinajstić information content (AvgIpc) is 3.19. The molecule has 2 aliphatic heterocycles. The molecule has 2 saturated carbocycles. The zero-order valence-corrected chi connectivity index (χ0v) is 16.5. The number of amides is 3. The van der Waals surface area contributed by atoms with Crippen LogP contribution in [0.5, 0.6) is 0 Å². The first kappa shape index (κ1) is 17.0. The van der Waals surface area contributed by atoms with Gasteiger partial charge in [0, 0.05) is 22.7 Å². The van der Waals surface area contributed by atoms with Crippen molar-refractivity contribution in [1.29, 1.82) is 0 Å². The van der Waals surface area contributed by atoms with Crippen LogP contribution in [0.2, 0.25) is 0 Å². The quantitative estimate of drug-likeness (QED) is 0.452. The van der Waals surface area contributed by atoms with Gasteiger partial charge < -0.3 is 9.64 Å². The van der Waals surface area contributed by atoms with Crippen LogP contribution in [0.1, 0.15) is 13.3 Å². The van der Waals surface area contributed by atoms with Crippen molar-refractivity contribution >= 4 is 49.6 Å². The van der Waals surface area contributed by atoms with Crippen molar-refractivity contribution in [1.82, 2.24) is 9.80 Å². The van der Waals surface area contributed by atoms with E-state index in [1.54, 1.807) is 11.8 Å². The number of rotatable bonds is 2. The van der Waals surface area contributed by atoms with Crippen LogP contribution in [0.15, 0.2) is 0 Å². The van der Waals surface area contributed by atoms with Crippen LogP contribution in [0.25, 0.3) is 0 Å². The summed E-state index contributed by atoms with van der Waals surface area (Å²) < 4.78 is 5.27. The van der Waals surface area contributed by atoms with Crippen molar-refractivity contribution in [3.05, 3.63) is 0 Å². The smallest absolute Gasteiger partial charge is 0.245 e. The van der Waals surface area contributed by atoms with Gasteiger partial charge in [0.05, 0.1) is 25.0 Å². The first-order chi connectivity index (χ1) is 11.4. The number of carbonyl (C=O) groups is 3. The zero-order valence-electron chi connectivity index (χ0n) is 13.4. The third-order valence-corrected chi connectivity index (χ3v) is 9.30. The Morgan fingerprint density at radius 1 is 1.08 bits per heavy atom. The lowest BCUT2D eigenvalue weighted by atomic mass is 9.81. The highest BCUT2D eigenvalue weighted by Gasteiger charge is 2.67. The summed E-state index contributed by atoms with van der Waals surface area (Å²) in [6.07, 6.45) is 0.901. The summed E-state index contributed by atoms with van der Waals surface area (Å²) in [6.45, 7) is 3.72. The van der Waals surface area contributed by atoms with E-state index in [2.05, 4.69) is 31.9 Å². The highest BCUT2D eigenvalue weighted by molar-refractivity contribution is 9.12. The van der Waals surface area contributed by atoms with Crippen molar-refractivity contribution < 1.29 is 19.1 Å². The fourth-order valence-electron chi connectivity index (χ4n) is 4.91. The molecule has 24 heavy (non-hydrogen) atoms. The molecule has 4 rings (SSSR count). The minimum absolute atomic E-state index is 0.155. The summed E-state index contributed by atoms with van der Waals surface area (Å²) in [5.41, 5.74) is 0. The molecule has 4 aliphatic rings. The number of imide groups is 1. The van der Waals surface area contributed by atoms with Crippen molar-refractivity contribution in [2.75, 3.05) is 26.3 Å². The first-order valence-electron chi connectivity index (χ1n) is 8.45. The monoisotopic (exact) mass is 462 g/mol. The van der Waals surface area contributed by atoms with Crippen LogP contribution >= 0.6 is 31.9 Å². The Labute approximate surface area is 157 Å². The predicted octanol–water partition coefficient (Wildman–Crippen LogP) is 1.01. The molecule has 132 valence electrons. The van der Waals surface area contributed by atoms with Gasteiger partial charge >= 0.3 is 0 Å². The molecule has 3 amide bonds. The Balaban J connectivity index is 1.56. The Morgan fingerprint density at radius 3 is 2.08 bits per heavy atom. The van der Waals surface area contributed by atoms with E-state index in [-0.39, 0.29) is 51.0 Å². The van der Waals surface area contributed by atoms with E-state index in [0.717, 1.165) is 6.42 Å². The van der Waals surface area contributed by atoms with Gasteiger partial charge in [0.1, 0.15) is 6.04 Å². The summed E-state index contributed by atoms with van der Waals surface area (Å²) >= 11 is 7.35. The topological polar surface area (TPSA) is 66.9 Å². The van der Waals surface area contributed by atoms with Gasteiger partial charge in [0.2, 0.25) is 17.7 Å². The minimum Gasteiger partial charge on any atom is -0.378 e. The van der Waals surface area contributed by atoms with E-state index >= 15 is 0 Å². The molecule has 4 fully saturated rings. The van der Waals surface area contributed by atoms with Crippen LogP contribution in [0.3, 0.4) is 0 Å². The summed E-state index contributed by atoms with van der Waals surface area (Å²) in [5.74, 6) is -0.640. The van der Waals surface area contributed by atoms with Gasteiger partial charge in [-0.15, -0.1) is 0 Å². The fourth-order valence-corrected chi connectivity index (χ4v) is 6.79. The van der Waals surface area contributed by atoms with Gasteiger partial charge in [-0.2, -0.15) is 0 Å². The highest BCUT2D eigenvalue weighted by Crippen LogP contribution is 2.60. The van der Waals surface area contributed by atoms with Crippen LogP contribution < -0.4 is 0 Å². The predicted molar refractivity (Wildman–Crippen MR) is 92.7 cm³/mol. The second-order valence-electron chi connectivity index (χ2n) is 7.16. The largest absolute Gasteiger partial charge is 0.378 e. The number of nitrogens with zero attached hydrogens (tertiary/aromatic N) is 2. The lowest BCUT2D eigenvalue weighted by Gasteiger charge is -2.32. The van der Waals surface area contributed by atoms with Crippen LogP contribution in [-0.4, -0.2) is 69.5 Å². The maximum Gasteiger partial charge on any atom is 0.245 e. The van der Waals surface area contributed by atoms with E-state index in [1.807, 2.05) is 0 Å². The molecule has 0 aromatic heterocycles. The minimum atomic E-state index is -0.726. The molecular formula is C16H20Br2N2O4. The fraction of sp³-hybridized carbons (Fsp3) is 0.812. The molecule has 2 aliphatic carbocycles. The van der Waals surface area contributed by atoms with Crippen molar-refractivity contribution in [3.63, 3.8) is 0 Å². The SMILES string of the molecule is C[C@@H](C(=O)N1CCOCC1)N1C(=O)[C@@H]2[C@@H]3C[C@H]([C@H](Br)[C@@H]3Br)[C@@H]2C1=O. The Morgan fingerprint density at radius 2 is 1.58 bits per heavy atom. The number of hydrogen-bond donors (Lipinski definition) is 0. The third kappa shape index (κ3) is 2.25. The number of alkyl halides is 2. The number of carbonyl (C=O) groups excluding carboxylic acids is 3. The number of halogens is 2. The highest BCUT2D eigenvalue weighted by atomic mass is 79.9. The molecule has 0 spiro atoms. The molecule has 6 nitrogen and oxygen atoms in total. The lowest BCUT2D eigenvalue weighted by molar-refractivity contribution is -0.153. The molecule has 2 bridgehead atoms. The van der Waals surface area contributed by atoms with Gasteiger partial charge in [-0.05, 0) is 25.2 Å². The van der Waals surface area contributed by atoms with Crippen molar-refractivity contribution in [3.8, 4) is 0 Å². The molecular weight excluding hydrogens is 444 g/mol. The number of morpholine rings is 1. The average molecular weight is 464 g/mol. The number of ether oxygens (including phenoxy) is 1. The summed E-state index contributed by atoms with van der Waals surface area (Å²) in [5, 5.41) is 0. The number of hydrogen-bond acceptors (Lipinski definition) is 4. The second kappa shape index (κ2) is 6.06. The summed E-state index contributed by atoms with van der Waals surface area (Å²) in [6, 6.07) is -0.726. The normalized spacial score (nSPS) is 42.6. The Bertz CT molecular complexity index is 563. The first-order valence-corrected chi connectivity index (χ1v) is 10.3. The van der Waals surface area contributed by atoms with E-state index in [9.17, 15) is 14.4 Å². The molecule has 7 atom stereocenters. The van der Waals surface area contributed by atoms with Gasteiger partial charge in [-0.3, -0.25) is 19.3 Å². The van der Waals surface area contributed by atoms with Gasteiger partial charge in [0.25, 0.3) is 0 Å². The Kier molecular flexibility index (Phi) is 4.28. The van der Waals surface area contributed by atoms with Gasteiger partial charge in [-0.1, -0.05) is 31.9 Å².